The van der Waals surface area contributed by atoms with Gasteiger partial charge in [0.1, 0.15) is 5.58 Å². The van der Waals surface area contributed by atoms with Crippen molar-refractivity contribution >= 4 is 22.6 Å². The van der Waals surface area contributed by atoms with Crippen molar-refractivity contribution in [2.75, 3.05) is 0 Å². The van der Waals surface area contributed by atoms with Crippen LogP contribution < -0.4 is 5.63 Å². The maximum atomic E-state index is 12.2. The molecule has 1 aromatic carbocycles. The van der Waals surface area contributed by atoms with Crippen LogP contribution in [0.4, 0.5) is 0 Å². The molecular formula is C17H14ClNO2. The Morgan fingerprint density at radius 3 is 2.81 bits per heavy atom. The first kappa shape index (κ1) is 13.8. The molecule has 0 unspecified atom stereocenters. The van der Waals surface area contributed by atoms with Crippen LogP contribution in [0.1, 0.15) is 18.1 Å². The van der Waals surface area contributed by atoms with E-state index in [4.69, 9.17) is 16.0 Å². The summed E-state index contributed by atoms with van der Waals surface area (Å²) in [5.41, 5.74) is 3.60. The predicted octanol–water partition coefficient (Wildman–Crippen LogP) is 4.38. The lowest BCUT2D eigenvalue weighted by molar-refractivity contribution is 0.552. The van der Waals surface area contributed by atoms with Gasteiger partial charge in [-0.05, 0) is 31.0 Å². The van der Waals surface area contributed by atoms with Crippen molar-refractivity contribution in [3.63, 3.8) is 0 Å². The molecule has 0 atom stereocenters. The van der Waals surface area contributed by atoms with Gasteiger partial charge in [-0.15, -0.1) is 0 Å². The second-order valence-corrected chi connectivity index (χ2v) is 5.34. The zero-order chi connectivity index (χ0) is 15.0. The van der Waals surface area contributed by atoms with E-state index in [-0.39, 0.29) is 5.63 Å². The second kappa shape index (κ2) is 5.34. The third-order valence-electron chi connectivity index (χ3n) is 3.58. The number of aromatic nitrogens is 1. The van der Waals surface area contributed by atoms with Gasteiger partial charge in [0.15, 0.2) is 0 Å². The molecule has 2 heterocycles. The first-order valence-corrected chi connectivity index (χ1v) is 7.16. The summed E-state index contributed by atoms with van der Waals surface area (Å²) in [5.74, 6) is 0. The Morgan fingerprint density at radius 1 is 1.33 bits per heavy atom. The molecule has 3 aromatic rings. The van der Waals surface area contributed by atoms with Gasteiger partial charge in [0.05, 0.1) is 0 Å². The average Bonchev–Trinajstić information content (AvgIpc) is 2.49. The first-order chi connectivity index (χ1) is 10.1. The zero-order valence-corrected chi connectivity index (χ0v) is 12.6. The van der Waals surface area contributed by atoms with Crippen LogP contribution in [0.15, 0.2) is 45.9 Å². The molecule has 0 aliphatic heterocycles. The number of hydrogen-bond acceptors (Lipinski definition) is 3. The molecule has 0 bridgehead atoms. The fourth-order valence-corrected chi connectivity index (χ4v) is 2.68. The van der Waals surface area contributed by atoms with Crippen molar-refractivity contribution in [1.29, 1.82) is 0 Å². The van der Waals surface area contributed by atoms with Gasteiger partial charge in [-0.1, -0.05) is 24.6 Å². The van der Waals surface area contributed by atoms with Gasteiger partial charge >= 0.3 is 5.63 Å². The van der Waals surface area contributed by atoms with Gasteiger partial charge < -0.3 is 4.42 Å². The number of pyridine rings is 1. The number of hydrogen-bond donors (Lipinski definition) is 0. The maximum absolute atomic E-state index is 12.2. The lowest BCUT2D eigenvalue weighted by Crippen LogP contribution is -2.09. The quantitative estimate of drug-likeness (QED) is 0.660. The SMILES string of the molecule is CCc1c(-c2cccnc2)c2cc(C)c(Cl)cc2oc1=O. The molecule has 0 aliphatic rings. The summed E-state index contributed by atoms with van der Waals surface area (Å²) in [6.45, 7) is 3.88. The zero-order valence-electron chi connectivity index (χ0n) is 11.8. The molecule has 4 heteroatoms. The molecular weight excluding hydrogens is 286 g/mol. The van der Waals surface area contributed by atoms with Crippen molar-refractivity contribution in [2.45, 2.75) is 20.3 Å². The summed E-state index contributed by atoms with van der Waals surface area (Å²) in [6.07, 6.45) is 4.08. The molecule has 3 rings (SSSR count). The van der Waals surface area contributed by atoms with Crippen LogP contribution in [0, 0.1) is 6.92 Å². The van der Waals surface area contributed by atoms with Gasteiger partial charge in [0, 0.05) is 45.6 Å². The Bertz CT molecular complexity index is 869. The maximum Gasteiger partial charge on any atom is 0.340 e. The Kier molecular flexibility index (Phi) is 3.52. The summed E-state index contributed by atoms with van der Waals surface area (Å²) in [5, 5.41) is 1.48. The topological polar surface area (TPSA) is 43.1 Å². The van der Waals surface area contributed by atoms with E-state index in [9.17, 15) is 4.79 Å². The average molecular weight is 300 g/mol. The molecule has 2 aromatic heterocycles. The molecule has 0 fully saturated rings. The summed E-state index contributed by atoms with van der Waals surface area (Å²) in [6, 6.07) is 7.47. The van der Waals surface area contributed by atoms with Crippen molar-refractivity contribution < 1.29 is 4.42 Å². The largest absolute Gasteiger partial charge is 0.422 e. The Morgan fingerprint density at radius 2 is 2.14 bits per heavy atom. The minimum absolute atomic E-state index is 0.316. The van der Waals surface area contributed by atoms with E-state index in [1.165, 1.54) is 0 Å². The molecule has 0 radical (unpaired) electrons. The van der Waals surface area contributed by atoms with Crippen molar-refractivity contribution in [3.05, 3.63) is 63.2 Å². The van der Waals surface area contributed by atoms with E-state index in [0.29, 0.717) is 22.6 Å². The van der Waals surface area contributed by atoms with Gasteiger partial charge in [-0.25, -0.2) is 4.79 Å². The predicted molar refractivity (Wildman–Crippen MR) is 84.8 cm³/mol. The minimum atomic E-state index is -0.316. The Hall–Kier alpha value is -2.13. The van der Waals surface area contributed by atoms with E-state index in [1.807, 2.05) is 32.0 Å². The van der Waals surface area contributed by atoms with E-state index in [1.54, 1.807) is 18.5 Å². The van der Waals surface area contributed by atoms with Crippen LogP contribution in [0.3, 0.4) is 0 Å². The van der Waals surface area contributed by atoms with Gasteiger partial charge in [0.25, 0.3) is 0 Å². The number of fused-ring (bicyclic) bond motifs is 1. The number of benzene rings is 1. The number of nitrogens with zero attached hydrogens (tertiary/aromatic N) is 1. The van der Waals surface area contributed by atoms with Crippen LogP contribution in [-0.4, -0.2) is 4.98 Å². The van der Waals surface area contributed by atoms with Crippen LogP contribution in [0.2, 0.25) is 5.02 Å². The van der Waals surface area contributed by atoms with Crippen LogP contribution in [-0.2, 0) is 6.42 Å². The molecule has 0 saturated heterocycles. The van der Waals surface area contributed by atoms with Crippen LogP contribution in [0.25, 0.3) is 22.1 Å². The summed E-state index contributed by atoms with van der Waals surface area (Å²) in [4.78, 5) is 16.4. The molecule has 0 amide bonds. The van der Waals surface area contributed by atoms with Crippen LogP contribution in [0.5, 0.6) is 0 Å². The molecule has 0 spiro atoms. The van der Waals surface area contributed by atoms with E-state index in [2.05, 4.69) is 4.98 Å². The molecule has 106 valence electrons. The van der Waals surface area contributed by atoms with Crippen molar-refractivity contribution in [1.82, 2.24) is 4.98 Å². The third-order valence-corrected chi connectivity index (χ3v) is 3.99. The Balaban J connectivity index is 2.49. The van der Waals surface area contributed by atoms with Gasteiger partial charge in [0.2, 0.25) is 0 Å². The lowest BCUT2D eigenvalue weighted by Gasteiger charge is -2.11. The second-order valence-electron chi connectivity index (χ2n) is 4.94. The number of rotatable bonds is 2. The highest BCUT2D eigenvalue weighted by molar-refractivity contribution is 6.32. The van der Waals surface area contributed by atoms with Gasteiger partial charge in [-0.3, -0.25) is 4.98 Å². The molecule has 0 saturated carbocycles. The smallest absolute Gasteiger partial charge is 0.340 e. The summed E-state index contributed by atoms with van der Waals surface area (Å²) >= 11 is 6.14. The number of halogens is 1. The summed E-state index contributed by atoms with van der Waals surface area (Å²) in [7, 11) is 0. The van der Waals surface area contributed by atoms with Gasteiger partial charge in [-0.2, -0.15) is 0 Å². The third kappa shape index (κ3) is 2.34. The molecule has 21 heavy (non-hydrogen) atoms. The fraction of sp³-hybridized carbons (Fsp3) is 0.176. The highest BCUT2D eigenvalue weighted by Gasteiger charge is 2.16. The van der Waals surface area contributed by atoms with E-state index < -0.39 is 0 Å². The van der Waals surface area contributed by atoms with Crippen molar-refractivity contribution in [3.8, 4) is 11.1 Å². The Labute approximate surface area is 127 Å². The van der Waals surface area contributed by atoms with Crippen molar-refractivity contribution in [2.24, 2.45) is 0 Å². The monoisotopic (exact) mass is 299 g/mol. The molecule has 0 aliphatic carbocycles. The summed E-state index contributed by atoms with van der Waals surface area (Å²) < 4.78 is 5.42. The minimum Gasteiger partial charge on any atom is -0.422 e. The van der Waals surface area contributed by atoms with Crippen LogP contribution >= 0.6 is 11.6 Å². The molecule has 0 N–H and O–H groups in total. The normalized spacial score (nSPS) is 11.0. The highest BCUT2D eigenvalue weighted by Crippen LogP contribution is 2.33. The first-order valence-electron chi connectivity index (χ1n) is 6.78. The standard InChI is InChI=1S/C17H14ClNO2/c1-3-12-16(11-5-4-6-19-9-11)13-7-10(2)14(18)8-15(13)21-17(12)20/h4-9H,3H2,1-2H3. The number of aryl methyl sites for hydroxylation is 1. The lowest BCUT2D eigenvalue weighted by atomic mass is 9.96. The molecule has 3 nitrogen and oxygen atoms in total. The fourth-order valence-electron chi connectivity index (χ4n) is 2.53. The highest BCUT2D eigenvalue weighted by atomic mass is 35.5. The van der Waals surface area contributed by atoms with E-state index in [0.717, 1.165) is 22.1 Å². The van der Waals surface area contributed by atoms with E-state index >= 15 is 0 Å².